The first kappa shape index (κ1) is 19.0. The van der Waals surface area contributed by atoms with Crippen molar-refractivity contribution in [3.8, 4) is 11.1 Å². The van der Waals surface area contributed by atoms with E-state index in [4.69, 9.17) is 33.3 Å². The highest BCUT2D eigenvalue weighted by molar-refractivity contribution is 6.36. The first-order valence-electron chi connectivity index (χ1n) is 9.03. The number of hydrogen-bond donors (Lipinski definition) is 0. The number of hydrogen-bond acceptors (Lipinski definition) is 3. The monoisotopic (exact) mass is 390 g/mol. The number of aryl methyl sites for hydroxylation is 2. The predicted octanol–water partition coefficient (Wildman–Crippen LogP) is 5.95. The number of benzene rings is 1. The predicted molar refractivity (Wildman–Crippen MR) is 111 cm³/mol. The Morgan fingerprint density at radius 2 is 1.73 bits per heavy atom. The zero-order valence-corrected chi connectivity index (χ0v) is 17.2. The Hall–Kier alpha value is -1.78. The molecule has 3 rings (SSSR count). The van der Waals surface area contributed by atoms with Gasteiger partial charge in [-0.2, -0.15) is 9.61 Å². The summed E-state index contributed by atoms with van der Waals surface area (Å²) in [7, 11) is 0. The lowest BCUT2D eigenvalue weighted by Gasteiger charge is -2.24. The van der Waals surface area contributed by atoms with Crippen LogP contribution in [-0.4, -0.2) is 27.7 Å². The maximum Gasteiger partial charge on any atom is 0.165 e. The van der Waals surface area contributed by atoms with Gasteiger partial charge in [0.2, 0.25) is 0 Å². The van der Waals surface area contributed by atoms with Crippen molar-refractivity contribution in [1.29, 1.82) is 0 Å². The Balaban J connectivity index is 2.26. The minimum absolute atomic E-state index is 0.610. The van der Waals surface area contributed by atoms with Crippen LogP contribution in [0.5, 0.6) is 0 Å². The summed E-state index contributed by atoms with van der Waals surface area (Å²) in [6.45, 7) is 10.4. The van der Waals surface area contributed by atoms with Crippen LogP contribution >= 0.6 is 23.2 Å². The van der Waals surface area contributed by atoms with Crippen molar-refractivity contribution >= 4 is 34.7 Å². The van der Waals surface area contributed by atoms with Crippen molar-refractivity contribution in [2.45, 2.75) is 40.5 Å². The molecule has 2 heterocycles. The summed E-state index contributed by atoms with van der Waals surface area (Å²) in [4.78, 5) is 7.16. The summed E-state index contributed by atoms with van der Waals surface area (Å²) in [5, 5.41) is 6.03. The van der Waals surface area contributed by atoms with Crippen LogP contribution in [0.15, 0.2) is 24.3 Å². The van der Waals surface area contributed by atoms with Gasteiger partial charge in [-0.1, -0.05) is 43.1 Å². The van der Waals surface area contributed by atoms with Crippen LogP contribution in [0.1, 0.15) is 38.1 Å². The number of rotatable bonds is 6. The van der Waals surface area contributed by atoms with Gasteiger partial charge in [-0.15, -0.1) is 0 Å². The smallest absolute Gasteiger partial charge is 0.165 e. The quantitative estimate of drug-likeness (QED) is 0.521. The zero-order valence-electron chi connectivity index (χ0n) is 15.7. The van der Waals surface area contributed by atoms with E-state index in [2.05, 4.69) is 24.8 Å². The van der Waals surface area contributed by atoms with Crippen molar-refractivity contribution in [3.05, 3.63) is 45.7 Å². The van der Waals surface area contributed by atoms with Crippen molar-refractivity contribution in [1.82, 2.24) is 14.6 Å². The van der Waals surface area contributed by atoms with E-state index in [0.29, 0.717) is 10.0 Å². The van der Waals surface area contributed by atoms with Crippen molar-refractivity contribution in [2.75, 3.05) is 18.0 Å². The molecule has 0 amide bonds. The Morgan fingerprint density at radius 3 is 2.35 bits per heavy atom. The normalized spacial score (nSPS) is 11.3. The Kier molecular flexibility index (Phi) is 5.73. The van der Waals surface area contributed by atoms with Crippen LogP contribution in [0, 0.1) is 13.8 Å². The van der Waals surface area contributed by atoms with Gasteiger partial charge in [0.05, 0.1) is 16.3 Å². The largest absolute Gasteiger partial charge is 0.356 e. The summed E-state index contributed by atoms with van der Waals surface area (Å²) in [6, 6.07) is 7.66. The molecule has 0 aliphatic rings. The Bertz CT molecular complexity index is 927. The number of anilines is 1. The molecule has 1 aromatic carbocycles. The van der Waals surface area contributed by atoms with E-state index in [9.17, 15) is 0 Å². The van der Waals surface area contributed by atoms with E-state index in [-0.39, 0.29) is 0 Å². The van der Waals surface area contributed by atoms with E-state index in [1.165, 1.54) is 0 Å². The van der Waals surface area contributed by atoms with Gasteiger partial charge in [0.15, 0.2) is 5.65 Å². The molecule has 0 aliphatic carbocycles. The van der Waals surface area contributed by atoms with Crippen LogP contribution in [0.2, 0.25) is 10.0 Å². The standard InChI is InChI=1S/C20H24Cl2N4/c1-5-9-25(10-6-2)18-11-13(3)23-20-19(14(4)24-26(18)20)16-8-7-15(21)12-17(16)22/h7-8,11-12H,5-6,9-10H2,1-4H3. The van der Waals surface area contributed by atoms with Gasteiger partial charge in [0.25, 0.3) is 0 Å². The minimum Gasteiger partial charge on any atom is -0.356 e. The van der Waals surface area contributed by atoms with Gasteiger partial charge >= 0.3 is 0 Å². The minimum atomic E-state index is 0.610. The molecule has 2 aromatic heterocycles. The molecule has 6 heteroatoms. The lowest BCUT2D eigenvalue weighted by atomic mass is 10.1. The lowest BCUT2D eigenvalue weighted by Crippen LogP contribution is -2.27. The van der Waals surface area contributed by atoms with Gasteiger partial charge < -0.3 is 4.90 Å². The second kappa shape index (κ2) is 7.85. The second-order valence-electron chi connectivity index (χ2n) is 6.56. The van der Waals surface area contributed by atoms with E-state index in [0.717, 1.165) is 59.9 Å². The summed E-state index contributed by atoms with van der Waals surface area (Å²) in [5.41, 5.74) is 4.58. The number of fused-ring (bicyclic) bond motifs is 1. The molecule has 0 radical (unpaired) electrons. The molecular weight excluding hydrogens is 367 g/mol. The average molecular weight is 391 g/mol. The molecule has 0 saturated heterocycles. The number of halogens is 2. The fraction of sp³-hybridized carbons (Fsp3) is 0.400. The van der Waals surface area contributed by atoms with Crippen LogP contribution < -0.4 is 4.90 Å². The molecule has 4 nitrogen and oxygen atoms in total. The molecule has 0 unspecified atom stereocenters. The Morgan fingerprint density at radius 1 is 1.04 bits per heavy atom. The van der Waals surface area contributed by atoms with Crippen molar-refractivity contribution < 1.29 is 0 Å². The molecular formula is C20H24Cl2N4. The number of aromatic nitrogens is 3. The summed E-state index contributed by atoms with van der Waals surface area (Å²) in [5.74, 6) is 1.08. The summed E-state index contributed by atoms with van der Waals surface area (Å²) < 4.78 is 1.95. The van der Waals surface area contributed by atoms with Crippen molar-refractivity contribution in [2.24, 2.45) is 0 Å². The van der Waals surface area contributed by atoms with Gasteiger partial charge in [-0.05, 0) is 38.8 Å². The van der Waals surface area contributed by atoms with Crippen molar-refractivity contribution in [3.63, 3.8) is 0 Å². The molecule has 3 aromatic rings. The molecule has 0 bridgehead atoms. The molecule has 0 N–H and O–H groups in total. The van der Waals surface area contributed by atoms with E-state index >= 15 is 0 Å². The van der Waals surface area contributed by atoms with E-state index in [1.54, 1.807) is 6.07 Å². The highest BCUT2D eigenvalue weighted by Gasteiger charge is 2.20. The topological polar surface area (TPSA) is 33.4 Å². The van der Waals surface area contributed by atoms with Gasteiger partial charge in [-0.25, -0.2) is 4.98 Å². The fourth-order valence-electron chi connectivity index (χ4n) is 3.34. The first-order valence-corrected chi connectivity index (χ1v) is 9.79. The van der Waals surface area contributed by atoms with Gasteiger partial charge in [0.1, 0.15) is 5.82 Å². The molecule has 138 valence electrons. The molecule has 0 atom stereocenters. The van der Waals surface area contributed by atoms with Crippen LogP contribution in [0.3, 0.4) is 0 Å². The molecule has 0 spiro atoms. The third-order valence-electron chi connectivity index (χ3n) is 4.38. The molecule has 0 fully saturated rings. The SMILES string of the molecule is CCCN(CCC)c1cc(C)nc2c(-c3ccc(Cl)cc3Cl)c(C)nn12. The lowest BCUT2D eigenvalue weighted by molar-refractivity contribution is 0.713. The first-order chi connectivity index (χ1) is 12.5. The fourth-order valence-corrected chi connectivity index (χ4v) is 3.84. The van der Waals surface area contributed by atoms with Crippen LogP contribution in [-0.2, 0) is 0 Å². The third kappa shape index (κ3) is 3.53. The summed E-state index contributed by atoms with van der Waals surface area (Å²) in [6.07, 6.45) is 2.16. The highest BCUT2D eigenvalue weighted by atomic mass is 35.5. The van der Waals surface area contributed by atoms with Gasteiger partial charge in [-0.3, -0.25) is 0 Å². The second-order valence-corrected chi connectivity index (χ2v) is 7.41. The highest BCUT2D eigenvalue weighted by Crippen LogP contribution is 2.36. The average Bonchev–Trinajstić information content (AvgIpc) is 2.90. The third-order valence-corrected chi connectivity index (χ3v) is 4.93. The number of nitrogens with zero attached hydrogens (tertiary/aromatic N) is 4. The van der Waals surface area contributed by atoms with E-state index < -0.39 is 0 Å². The molecule has 0 aliphatic heterocycles. The Labute approximate surface area is 164 Å². The summed E-state index contributed by atoms with van der Waals surface area (Å²) >= 11 is 12.5. The molecule has 26 heavy (non-hydrogen) atoms. The van der Waals surface area contributed by atoms with E-state index in [1.807, 2.05) is 30.5 Å². The zero-order chi connectivity index (χ0) is 18.8. The van der Waals surface area contributed by atoms with Gasteiger partial charge in [0, 0.05) is 35.4 Å². The maximum atomic E-state index is 6.48. The van der Waals surface area contributed by atoms with Crippen LogP contribution in [0.25, 0.3) is 16.8 Å². The maximum absolute atomic E-state index is 6.48. The van der Waals surface area contributed by atoms with Crippen LogP contribution in [0.4, 0.5) is 5.82 Å². The molecule has 0 saturated carbocycles.